The first-order valence-corrected chi connectivity index (χ1v) is 16.7. The molecule has 260 valence electrons. The molecule has 0 fully saturated rings. The fourth-order valence-electron chi connectivity index (χ4n) is 5.46. The summed E-state index contributed by atoms with van der Waals surface area (Å²) in [4.78, 5) is 36.9. The SMILES string of the molecule is C=CC(=O)OCCc1ccc(N(c2ccc(CCOC(=O)C=C)cc2)c2cccc(/C=C(/c3ccccc3)c3ccc(OC(=O)C=C)cc3)c2)cc1. The average molecular weight is 690 g/mol. The zero-order valence-electron chi connectivity index (χ0n) is 28.8. The van der Waals surface area contributed by atoms with Gasteiger partial charge in [0.1, 0.15) is 5.75 Å². The van der Waals surface area contributed by atoms with Gasteiger partial charge in [-0.3, -0.25) is 0 Å². The van der Waals surface area contributed by atoms with Gasteiger partial charge in [0.15, 0.2) is 0 Å². The van der Waals surface area contributed by atoms with Crippen molar-refractivity contribution in [3.05, 3.63) is 193 Å². The molecule has 0 aliphatic rings. The molecular formula is C45H39NO6. The van der Waals surface area contributed by atoms with E-state index in [4.69, 9.17) is 14.2 Å². The smallest absolute Gasteiger partial charge is 0.335 e. The predicted molar refractivity (Wildman–Crippen MR) is 207 cm³/mol. The minimum absolute atomic E-state index is 0.262. The molecule has 0 saturated heterocycles. The molecule has 5 aromatic rings. The molecule has 0 atom stereocenters. The molecule has 0 amide bonds. The monoisotopic (exact) mass is 689 g/mol. The Morgan fingerprint density at radius 1 is 0.538 bits per heavy atom. The lowest BCUT2D eigenvalue weighted by Crippen LogP contribution is -2.11. The lowest BCUT2D eigenvalue weighted by Gasteiger charge is -2.26. The molecule has 0 aliphatic carbocycles. The Labute approximate surface area is 304 Å². The number of ether oxygens (including phenoxy) is 3. The van der Waals surface area contributed by atoms with Gasteiger partial charge in [-0.15, -0.1) is 0 Å². The summed E-state index contributed by atoms with van der Waals surface area (Å²) in [5.41, 5.74) is 8.83. The molecule has 0 unspecified atom stereocenters. The molecule has 52 heavy (non-hydrogen) atoms. The van der Waals surface area contributed by atoms with Gasteiger partial charge in [0.25, 0.3) is 0 Å². The summed E-state index contributed by atoms with van der Waals surface area (Å²) in [6, 6.07) is 42.1. The van der Waals surface area contributed by atoms with Crippen LogP contribution in [0.4, 0.5) is 17.1 Å². The predicted octanol–water partition coefficient (Wildman–Crippen LogP) is 9.38. The highest BCUT2D eigenvalue weighted by atomic mass is 16.5. The molecule has 0 heterocycles. The number of esters is 3. The van der Waals surface area contributed by atoms with Crippen molar-refractivity contribution in [2.45, 2.75) is 12.8 Å². The first-order valence-electron chi connectivity index (χ1n) is 16.7. The highest BCUT2D eigenvalue weighted by molar-refractivity contribution is 5.92. The van der Waals surface area contributed by atoms with Crippen molar-refractivity contribution >= 4 is 46.6 Å². The van der Waals surface area contributed by atoms with E-state index >= 15 is 0 Å². The Kier molecular flexibility index (Phi) is 12.9. The van der Waals surface area contributed by atoms with Crippen LogP contribution in [-0.4, -0.2) is 31.1 Å². The molecular weight excluding hydrogens is 650 g/mol. The third kappa shape index (κ3) is 10.2. The second-order valence-corrected chi connectivity index (χ2v) is 11.6. The van der Waals surface area contributed by atoms with Crippen LogP contribution in [-0.2, 0) is 36.7 Å². The number of hydrogen-bond donors (Lipinski definition) is 0. The van der Waals surface area contributed by atoms with Gasteiger partial charge in [-0.25, -0.2) is 14.4 Å². The van der Waals surface area contributed by atoms with Gasteiger partial charge in [0.05, 0.1) is 13.2 Å². The Morgan fingerprint density at radius 2 is 1.06 bits per heavy atom. The largest absolute Gasteiger partial charge is 0.462 e. The number of carbonyl (C=O) groups is 3. The van der Waals surface area contributed by atoms with E-state index in [0.29, 0.717) is 18.6 Å². The van der Waals surface area contributed by atoms with E-state index in [1.165, 1.54) is 0 Å². The zero-order chi connectivity index (χ0) is 36.7. The number of carbonyl (C=O) groups excluding carboxylic acids is 3. The van der Waals surface area contributed by atoms with E-state index < -0.39 is 17.9 Å². The minimum atomic E-state index is -0.514. The van der Waals surface area contributed by atoms with Gasteiger partial charge in [0.2, 0.25) is 0 Å². The number of rotatable bonds is 16. The quantitative estimate of drug-likeness (QED) is 0.0442. The average Bonchev–Trinajstić information content (AvgIpc) is 3.19. The highest BCUT2D eigenvalue weighted by Crippen LogP contribution is 2.36. The summed E-state index contributed by atoms with van der Waals surface area (Å²) in [7, 11) is 0. The highest BCUT2D eigenvalue weighted by Gasteiger charge is 2.15. The van der Waals surface area contributed by atoms with Gasteiger partial charge in [-0.05, 0) is 88.0 Å². The molecule has 0 radical (unpaired) electrons. The topological polar surface area (TPSA) is 82.1 Å². The van der Waals surface area contributed by atoms with Gasteiger partial charge >= 0.3 is 17.9 Å². The number of benzene rings is 5. The fourth-order valence-corrected chi connectivity index (χ4v) is 5.46. The van der Waals surface area contributed by atoms with Crippen LogP contribution in [0.25, 0.3) is 11.6 Å². The first kappa shape index (κ1) is 36.5. The van der Waals surface area contributed by atoms with Crippen LogP contribution in [0.15, 0.2) is 165 Å². The van der Waals surface area contributed by atoms with Crippen molar-refractivity contribution in [2.75, 3.05) is 18.1 Å². The van der Waals surface area contributed by atoms with Gasteiger partial charge in [0, 0.05) is 48.1 Å². The van der Waals surface area contributed by atoms with E-state index in [1.54, 1.807) is 12.1 Å². The van der Waals surface area contributed by atoms with Crippen molar-refractivity contribution in [1.82, 2.24) is 0 Å². The van der Waals surface area contributed by atoms with E-state index in [1.807, 2.05) is 84.9 Å². The molecule has 5 rings (SSSR count). The summed E-state index contributed by atoms with van der Waals surface area (Å²) in [5, 5.41) is 0. The molecule has 0 saturated carbocycles. The Balaban J connectivity index is 1.50. The minimum Gasteiger partial charge on any atom is -0.462 e. The second-order valence-electron chi connectivity index (χ2n) is 11.6. The number of anilines is 3. The van der Waals surface area contributed by atoms with Crippen LogP contribution in [0.3, 0.4) is 0 Å². The number of nitrogens with zero attached hydrogens (tertiary/aromatic N) is 1. The van der Waals surface area contributed by atoms with Crippen LogP contribution in [0.1, 0.15) is 27.8 Å². The molecule has 0 aromatic heterocycles. The van der Waals surface area contributed by atoms with E-state index in [9.17, 15) is 14.4 Å². The summed E-state index contributed by atoms with van der Waals surface area (Å²) < 4.78 is 15.7. The lowest BCUT2D eigenvalue weighted by atomic mass is 9.95. The zero-order valence-corrected chi connectivity index (χ0v) is 28.8. The van der Waals surface area contributed by atoms with Gasteiger partial charge in [-0.1, -0.05) is 98.6 Å². The van der Waals surface area contributed by atoms with Crippen molar-refractivity contribution in [3.8, 4) is 5.75 Å². The van der Waals surface area contributed by atoms with Crippen LogP contribution < -0.4 is 9.64 Å². The molecule has 0 aliphatic heterocycles. The van der Waals surface area contributed by atoms with Crippen molar-refractivity contribution in [3.63, 3.8) is 0 Å². The Morgan fingerprint density at radius 3 is 1.58 bits per heavy atom. The van der Waals surface area contributed by atoms with E-state index in [2.05, 4.69) is 61.0 Å². The van der Waals surface area contributed by atoms with Crippen molar-refractivity contribution in [1.29, 1.82) is 0 Å². The molecule has 7 nitrogen and oxygen atoms in total. The summed E-state index contributed by atoms with van der Waals surface area (Å²) in [6.07, 6.45) is 6.74. The van der Waals surface area contributed by atoms with E-state index in [-0.39, 0.29) is 13.2 Å². The fraction of sp³-hybridized carbons (Fsp3) is 0.0889. The molecule has 0 N–H and O–H groups in total. The summed E-state index contributed by atoms with van der Waals surface area (Å²) in [5.74, 6) is -0.965. The second kappa shape index (κ2) is 18.3. The van der Waals surface area contributed by atoms with Crippen LogP contribution in [0, 0.1) is 0 Å². The van der Waals surface area contributed by atoms with E-state index in [0.717, 1.165) is 68.7 Å². The lowest BCUT2D eigenvalue weighted by molar-refractivity contribution is -0.138. The van der Waals surface area contributed by atoms with Crippen LogP contribution in [0.2, 0.25) is 0 Å². The molecule has 0 bridgehead atoms. The maximum Gasteiger partial charge on any atom is 0.335 e. The van der Waals surface area contributed by atoms with Crippen molar-refractivity contribution < 1.29 is 28.6 Å². The standard InChI is InChI=1S/C45H39NO6/c1-4-43(47)50-29-27-33-15-21-38(22-16-33)46(39-23-17-34(18-24-39)28-30-51-44(48)5-2)40-14-10-11-35(31-40)32-42(36-12-8-7-9-13-36)37-19-25-41(26-20-37)52-45(49)6-3/h4-26,31-32H,1-3,27-30H2/b42-32-. The van der Waals surface area contributed by atoms with Gasteiger partial charge < -0.3 is 19.1 Å². The molecule has 7 heteroatoms. The van der Waals surface area contributed by atoms with Gasteiger partial charge in [-0.2, -0.15) is 0 Å². The molecule has 5 aromatic carbocycles. The third-order valence-electron chi connectivity index (χ3n) is 8.07. The Hall–Kier alpha value is -6.73. The number of hydrogen-bond acceptors (Lipinski definition) is 7. The summed E-state index contributed by atoms with van der Waals surface area (Å²) >= 11 is 0. The summed E-state index contributed by atoms with van der Waals surface area (Å²) in [6.45, 7) is 10.9. The maximum absolute atomic E-state index is 11.7. The maximum atomic E-state index is 11.7. The normalized spacial score (nSPS) is 10.8. The van der Waals surface area contributed by atoms with Crippen molar-refractivity contribution in [2.24, 2.45) is 0 Å². The molecule has 0 spiro atoms. The van der Waals surface area contributed by atoms with Crippen LogP contribution >= 0.6 is 0 Å². The Bertz CT molecular complexity index is 1980. The first-order chi connectivity index (χ1) is 25.4. The van der Waals surface area contributed by atoms with Crippen LogP contribution in [0.5, 0.6) is 5.75 Å². The third-order valence-corrected chi connectivity index (χ3v) is 8.07.